The van der Waals surface area contributed by atoms with E-state index in [4.69, 9.17) is 0 Å². The SMILES string of the molecule is Cc1ccc[c]([Al]([Br])[c]2cccc(C)c2)c1. The number of benzene rings is 2. The largest absolute Gasteiger partial charge is 0.440 e. The Hall–Kier alpha value is -0.548. The molecule has 2 rings (SSSR count). The van der Waals surface area contributed by atoms with Crippen LogP contribution in [0.1, 0.15) is 11.1 Å². The number of halogens is 1. The second-order valence-electron chi connectivity index (χ2n) is 4.19. The van der Waals surface area contributed by atoms with Crippen molar-refractivity contribution in [2.24, 2.45) is 0 Å². The standard InChI is InChI=1S/2C7H7.Al.BrH/c2*1-7-5-3-2-4-6-7;;/h2*2-3,5-6H,1H3;;1H/q;;+1;/p-1. The molecule has 0 aliphatic carbocycles. The van der Waals surface area contributed by atoms with Crippen LogP contribution in [0.3, 0.4) is 0 Å². The fourth-order valence-corrected chi connectivity index (χ4v) is 5.32. The quantitative estimate of drug-likeness (QED) is 0.746. The molecule has 0 bridgehead atoms. The molecule has 0 N–H and O–H groups in total. The van der Waals surface area contributed by atoms with Gasteiger partial charge in [0.25, 0.3) is 0 Å². The summed E-state index contributed by atoms with van der Waals surface area (Å²) in [6.45, 7) is 4.29. The first-order valence-electron chi connectivity index (χ1n) is 5.44. The maximum atomic E-state index is 3.90. The van der Waals surface area contributed by atoms with E-state index in [1.54, 1.807) is 0 Å². The molecule has 0 saturated carbocycles. The minimum absolute atomic E-state index is 1.16. The van der Waals surface area contributed by atoms with Crippen molar-refractivity contribution >= 4 is 35.2 Å². The molecule has 2 aromatic carbocycles. The third kappa shape index (κ3) is 2.77. The molecule has 0 fully saturated rings. The predicted octanol–water partition coefficient (Wildman–Crippen LogP) is 2.80. The van der Waals surface area contributed by atoms with Crippen molar-refractivity contribution in [2.75, 3.05) is 0 Å². The second-order valence-corrected chi connectivity index (χ2v) is 9.00. The maximum Gasteiger partial charge on any atom is 0.440 e. The highest BCUT2D eigenvalue weighted by Gasteiger charge is 2.19. The molecular formula is C14H14AlBr. The van der Waals surface area contributed by atoms with E-state index in [2.05, 4.69) is 76.4 Å². The molecule has 0 amide bonds. The van der Waals surface area contributed by atoms with Gasteiger partial charge in [-0.1, -0.05) is 68.5 Å². The fourth-order valence-electron chi connectivity index (χ4n) is 1.85. The van der Waals surface area contributed by atoms with E-state index in [0.29, 0.717) is 0 Å². The first-order valence-corrected chi connectivity index (χ1v) is 9.78. The molecule has 0 nitrogen and oxygen atoms in total. The van der Waals surface area contributed by atoms with Gasteiger partial charge in [-0.25, -0.2) is 14.1 Å². The van der Waals surface area contributed by atoms with Crippen LogP contribution in [-0.2, 0) is 0 Å². The van der Waals surface area contributed by atoms with E-state index in [9.17, 15) is 0 Å². The van der Waals surface area contributed by atoms with Crippen LogP contribution in [0.4, 0.5) is 0 Å². The summed E-state index contributed by atoms with van der Waals surface area (Å²) in [5.41, 5.74) is 2.67. The summed E-state index contributed by atoms with van der Waals surface area (Å²) >= 11 is 2.74. The van der Waals surface area contributed by atoms with Crippen molar-refractivity contribution in [2.45, 2.75) is 13.8 Å². The van der Waals surface area contributed by atoms with Crippen molar-refractivity contribution in [3.63, 3.8) is 0 Å². The Kier molecular flexibility index (Phi) is 3.87. The summed E-state index contributed by atoms with van der Waals surface area (Å²) in [6, 6.07) is 17.6. The average molecular weight is 289 g/mol. The molecule has 0 spiro atoms. The normalized spacial score (nSPS) is 10.2. The molecule has 0 atom stereocenters. The smallest absolute Gasteiger partial charge is 0.201 e. The molecule has 0 saturated heterocycles. The van der Waals surface area contributed by atoms with Crippen LogP contribution < -0.4 is 8.85 Å². The van der Waals surface area contributed by atoms with E-state index >= 15 is 0 Å². The van der Waals surface area contributed by atoms with E-state index in [1.807, 2.05) is 0 Å². The highest BCUT2D eigenvalue weighted by atomic mass is 79.9. The molecule has 0 aromatic heterocycles. The van der Waals surface area contributed by atoms with Crippen LogP contribution >= 0.6 is 14.1 Å². The summed E-state index contributed by atoms with van der Waals surface area (Å²) in [6.07, 6.45) is 0. The summed E-state index contributed by atoms with van der Waals surface area (Å²) in [4.78, 5) is 0. The topological polar surface area (TPSA) is 0 Å². The zero-order valence-corrected chi connectivity index (χ0v) is 12.3. The minimum Gasteiger partial charge on any atom is -0.201 e. The average Bonchev–Trinajstić information content (AvgIpc) is 2.28. The molecule has 0 unspecified atom stereocenters. The first kappa shape index (κ1) is 11.9. The molecule has 0 aliphatic heterocycles. The molecule has 0 heterocycles. The van der Waals surface area contributed by atoms with Crippen LogP contribution in [0.25, 0.3) is 0 Å². The lowest BCUT2D eigenvalue weighted by Gasteiger charge is -2.07. The van der Waals surface area contributed by atoms with Gasteiger partial charge in [-0.3, -0.25) is 0 Å². The molecule has 80 valence electrons. The summed E-state index contributed by atoms with van der Waals surface area (Å²) in [5, 5.41) is 0. The van der Waals surface area contributed by atoms with Gasteiger partial charge in [0, 0.05) is 0 Å². The summed E-state index contributed by atoms with van der Waals surface area (Å²) in [7, 11) is 0. The molecule has 16 heavy (non-hydrogen) atoms. The van der Waals surface area contributed by atoms with Crippen molar-refractivity contribution < 1.29 is 0 Å². The van der Waals surface area contributed by atoms with Crippen molar-refractivity contribution in [3.8, 4) is 0 Å². The molecule has 2 heteroatoms. The Morgan fingerprint density at radius 3 is 1.62 bits per heavy atom. The number of rotatable bonds is 2. The zero-order valence-electron chi connectivity index (χ0n) is 9.57. The Morgan fingerprint density at radius 1 is 0.812 bits per heavy atom. The Labute approximate surface area is 108 Å². The van der Waals surface area contributed by atoms with E-state index in [-0.39, 0.29) is 0 Å². The van der Waals surface area contributed by atoms with Crippen LogP contribution in [0, 0.1) is 13.8 Å². The van der Waals surface area contributed by atoms with Crippen LogP contribution in [0.2, 0.25) is 0 Å². The monoisotopic (exact) mass is 288 g/mol. The Balaban J connectivity index is 2.35. The van der Waals surface area contributed by atoms with E-state index in [0.717, 1.165) is 0 Å². The lowest BCUT2D eigenvalue weighted by atomic mass is 10.2. The van der Waals surface area contributed by atoms with Crippen molar-refractivity contribution in [1.82, 2.24) is 0 Å². The third-order valence-electron chi connectivity index (χ3n) is 2.67. The van der Waals surface area contributed by atoms with Crippen LogP contribution in [0.15, 0.2) is 48.5 Å². The zero-order chi connectivity index (χ0) is 11.5. The van der Waals surface area contributed by atoms with Gasteiger partial charge >= 0.3 is 12.3 Å². The molecular weight excluding hydrogens is 275 g/mol. The predicted molar refractivity (Wildman–Crippen MR) is 76.3 cm³/mol. The van der Waals surface area contributed by atoms with Gasteiger partial charge in [0.15, 0.2) is 0 Å². The number of hydrogen-bond donors (Lipinski definition) is 0. The molecule has 0 radical (unpaired) electrons. The fraction of sp³-hybridized carbons (Fsp3) is 0.143. The van der Waals surface area contributed by atoms with Gasteiger partial charge in [-0.05, 0) is 13.8 Å². The van der Waals surface area contributed by atoms with Gasteiger partial charge in [0.05, 0.1) is 0 Å². The van der Waals surface area contributed by atoms with Crippen LogP contribution in [0.5, 0.6) is 0 Å². The Bertz CT molecular complexity index is 448. The highest BCUT2D eigenvalue weighted by molar-refractivity contribution is 9.25. The van der Waals surface area contributed by atoms with Crippen LogP contribution in [-0.4, -0.2) is 12.3 Å². The van der Waals surface area contributed by atoms with Gasteiger partial charge in [0.2, 0.25) is 0 Å². The molecule has 2 aromatic rings. The number of aryl methyl sites for hydroxylation is 2. The lowest BCUT2D eigenvalue weighted by molar-refractivity contribution is 1.49. The van der Waals surface area contributed by atoms with E-state index < -0.39 is 12.3 Å². The first-order chi connectivity index (χ1) is 7.66. The maximum absolute atomic E-state index is 3.90. The van der Waals surface area contributed by atoms with Crippen molar-refractivity contribution in [3.05, 3.63) is 59.7 Å². The third-order valence-corrected chi connectivity index (χ3v) is 7.73. The van der Waals surface area contributed by atoms with Gasteiger partial charge in [-0.2, -0.15) is 0 Å². The second kappa shape index (κ2) is 5.19. The molecule has 0 aliphatic rings. The van der Waals surface area contributed by atoms with Gasteiger partial charge in [-0.15, -0.1) is 0 Å². The summed E-state index contributed by atoms with van der Waals surface area (Å²) in [5.74, 6) is 0. The Morgan fingerprint density at radius 2 is 1.25 bits per heavy atom. The highest BCUT2D eigenvalue weighted by Crippen LogP contribution is 2.02. The number of hydrogen-bond acceptors (Lipinski definition) is 0. The summed E-state index contributed by atoms with van der Waals surface area (Å²) < 4.78 is 2.90. The lowest BCUT2D eigenvalue weighted by Crippen LogP contribution is -2.36. The van der Waals surface area contributed by atoms with Gasteiger partial charge < -0.3 is 0 Å². The minimum atomic E-state index is -1.16. The van der Waals surface area contributed by atoms with Crippen molar-refractivity contribution in [1.29, 1.82) is 0 Å². The van der Waals surface area contributed by atoms with Gasteiger partial charge in [0.1, 0.15) is 0 Å². The van der Waals surface area contributed by atoms with E-state index in [1.165, 1.54) is 20.0 Å².